The zero-order chi connectivity index (χ0) is 15.9. The van der Waals surface area contributed by atoms with E-state index in [2.05, 4.69) is 45.4 Å². The minimum Gasteiger partial charge on any atom is -0.329 e. The van der Waals surface area contributed by atoms with Crippen LogP contribution in [-0.2, 0) is 0 Å². The van der Waals surface area contributed by atoms with Crippen molar-refractivity contribution in [1.82, 2.24) is 15.0 Å². The lowest BCUT2D eigenvalue weighted by Gasteiger charge is -2.10. The van der Waals surface area contributed by atoms with E-state index in [-0.39, 0.29) is 5.56 Å². The van der Waals surface area contributed by atoms with E-state index < -0.39 is 0 Å². The van der Waals surface area contributed by atoms with Gasteiger partial charge in [0, 0.05) is 22.3 Å². The Labute approximate surface area is 128 Å². The van der Waals surface area contributed by atoms with Gasteiger partial charge in [0.05, 0.1) is 0 Å². The summed E-state index contributed by atoms with van der Waals surface area (Å²) >= 11 is 0. The Hall–Kier alpha value is -2.69. The second-order valence-electron chi connectivity index (χ2n) is 5.58. The number of aromatic amines is 1. The first-order chi connectivity index (χ1) is 10.4. The second kappa shape index (κ2) is 5.26. The van der Waals surface area contributed by atoms with Gasteiger partial charge < -0.3 is 10.3 Å². The molecule has 0 aliphatic rings. The normalized spacial score (nSPS) is 10.9. The maximum atomic E-state index is 11.8. The summed E-state index contributed by atoms with van der Waals surface area (Å²) in [6.45, 7) is 7.64. The van der Waals surface area contributed by atoms with Crippen molar-refractivity contribution < 1.29 is 0 Å². The van der Waals surface area contributed by atoms with Crippen LogP contribution in [0.5, 0.6) is 0 Å². The molecule has 0 saturated heterocycles. The molecule has 0 saturated carbocycles. The van der Waals surface area contributed by atoms with Crippen molar-refractivity contribution in [3.8, 4) is 0 Å². The van der Waals surface area contributed by atoms with Gasteiger partial charge in [-0.1, -0.05) is 23.8 Å². The van der Waals surface area contributed by atoms with Gasteiger partial charge in [-0.2, -0.15) is 4.98 Å². The number of hydrogen-bond acceptors (Lipinski definition) is 4. The minimum absolute atomic E-state index is 0.230. The SMILES string of the molecule is Cc1ccc2c(C)nc(Nc3nc(=O)c(C)c(C)[nH]3)cc2c1. The molecule has 2 aromatic heterocycles. The number of fused-ring (bicyclic) bond motifs is 1. The third-order valence-electron chi connectivity index (χ3n) is 3.83. The van der Waals surface area contributed by atoms with Crippen molar-refractivity contribution in [3.05, 3.63) is 57.1 Å². The van der Waals surface area contributed by atoms with Crippen LogP contribution in [-0.4, -0.2) is 15.0 Å². The standard InChI is InChI=1S/C17H18N4O/c1-9-5-6-14-12(4)18-15(8-13(14)7-9)20-17-19-11(3)10(2)16(22)21-17/h5-8H,1-4H3,(H2,18,19,20,21,22). The number of pyridine rings is 1. The van der Waals surface area contributed by atoms with Gasteiger partial charge in [-0.25, -0.2) is 4.98 Å². The quantitative estimate of drug-likeness (QED) is 0.761. The van der Waals surface area contributed by atoms with Crippen molar-refractivity contribution in [3.63, 3.8) is 0 Å². The van der Waals surface area contributed by atoms with Crippen LogP contribution in [0.15, 0.2) is 29.1 Å². The summed E-state index contributed by atoms with van der Waals surface area (Å²) in [4.78, 5) is 23.4. The first-order valence-corrected chi connectivity index (χ1v) is 7.16. The summed E-state index contributed by atoms with van der Waals surface area (Å²) in [5, 5.41) is 5.32. The molecule has 5 nitrogen and oxygen atoms in total. The summed E-state index contributed by atoms with van der Waals surface area (Å²) in [5.41, 5.74) is 3.33. The van der Waals surface area contributed by atoms with E-state index in [1.807, 2.05) is 19.9 Å². The van der Waals surface area contributed by atoms with E-state index in [9.17, 15) is 4.79 Å². The van der Waals surface area contributed by atoms with Crippen molar-refractivity contribution >= 4 is 22.5 Å². The molecule has 1 aromatic carbocycles. The molecule has 0 fully saturated rings. The average molecular weight is 294 g/mol. The molecule has 3 rings (SSSR count). The number of aryl methyl sites for hydroxylation is 3. The summed E-state index contributed by atoms with van der Waals surface area (Å²) in [7, 11) is 0. The molecule has 2 N–H and O–H groups in total. The van der Waals surface area contributed by atoms with Crippen molar-refractivity contribution in [2.24, 2.45) is 0 Å². The smallest absolute Gasteiger partial charge is 0.277 e. The van der Waals surface area contributed by atoms with Gasteiger partial charge in [0.25, 0.3) is 5.56 Å². The largest absolute Gasteiger partial charge is 0.329 e. The van der Waals surface area contributed by atoms with Crippen LogP contribution in [0.4, 0.5) is 11.8 Å². The van der Waals surface area contributed by atoms with Crippen LogP contribution in [0.2, 0.25) is 0 Å². The van der Waals surface area contributed by atoms with E-state index >= 15 is 0 Å². The highest BCUT2D eigenvalue weighted by atomic mass is 16.1. The molecular formula is C17H18N4O. The number of benzene rings is 1. The molecule has 2 heterocycles. The summed E-state index contributed by atoms with van der Waals surface area (Å²) < 4.78 is 0. The van der Waals surface area contributed by atoms with Gasteiger partial charge in [-0.15, -0.1) is 0 Å². The molecule has 0 atom stereocenters. The fourth-order valence-electron chi connectivity index (χ4n) is 2.44. The van der Waals surface area contributed by atoms with Crippen molar-refractivity contribution in [1.29, 1.82) is 0 Å². The van der Waals surface area contributed by atoms with Gasteiger partial charge in [-0.05, 0) is 39.1 Å². The van der Waals surface area contributed by atoms with Crippen molar-refractivity contribution in [2.75, 3.05) is 5.32 Å². The third kappa shape index (κ3) is 2.57. The molecule has 0 aliphatic carbocycles. The molecule has 0 unspecified atom stereocenters. The first kappa shape index (κ1) is 14.3. The third-order valence-corrected chi connectivity index (χ3v) is 3.83. The lowest BCUT2D eigenvalue weighted by molar-refractivity contribution is 1.02. The minimum atomic E-state index is -0.230. The molecule has 0 bridgehead atoms. The van der Waals surface area contributed by atoms with Crippen LogP contribution in [0.25, 0.3) is 10.8 Å². The average Bonchev–Trinajstić information content (AvgIpc) is 2.44. The Bertz CT molecular complexity index is 928. The molecule has 112 valence electrons. The topological polar surface area (TPSA) is 70.7 Å². The van der Waals surface area contributed by atoms with Crippen LogP contribution < -0.4 is 10.9 Å². The Balaban J connectivity index is 2.06. The molecule has 3 aromatic rings. The van der Waals surface area contributed by atoms with E-state index in [0.29, 0.717) is 17.3 Å². The van der Waals surface area contributed by atoms with Gasteiger partial charge in [-0.3, -0.25) is 4.79 Å². The highest BCUT2D eigenvalue weighted by molar-refractivity contribution is 5.87. The Kier molecular flexibility index (Phi) is 3.41. The van der Waals surface area contributed by atoms with E-state index in [1.165, 1.54) is 5.56 Å². The summed E-state index contributed by atoms with van der Waals surface area (Å²) in [5.74, 6) is 1.08. The Morgan fingerprint density at radius 2 is 1.82 bits per heavy atom. The maximum absolute atomic E-state index is 11.8. The van der Waals surface area contributed by atoms with Gasteiger partial charge >= 0.3 is 0 Å². The molecule has 22 heavy (non-hydrogen) atoms. The monoisotopic (exact) mass is 294 g/mol. The number of H-pyrrole nitrogens is 1. The highest BCUT2D eigenvalue weighted by Crippen LogP contribution is 2.23. The maximum Gasteiger partial charge on any atom is 0.277 e. The van der Waals surface area contributed by atoms with Crippen LogP contribution in [0, 0.1) is 27.7 Å². The van der Waals surface area contributed by atoms with E-state index in [0.717, 1.165) is 22.2 Å². The molecule has 5 heteroatoms. The fraction of sp³-hybridized carbons (Fsp3) is 0.235. The number of nitrogens with one attached hydrogen (secondary N) is 2. The first-order valence-electron chi connectivity index (χ1n) is 7.16. The number of rotatable bonds is 2. The molecule has 0 radical (unpaired) electrons. The lowest BCUT2D eigenvalue weighted by Crippen LogP contribution is -2.15. The molecular weight excluding hydrogens is 276 g/mol. The Morgan fingerprint density at radius 1 is 1.05 bits per heavy atom. The Morgan fingerprint density at radius 3 is 2.55 bits per heavy atom. The predicted molar refractivity (Wildman–Crippen MR) is 88.8 cm³/mol. The zero-order valence-electron chi connectivity index (χ0n) is 13.1. The van der Waals surface area contributed by atoms with Gasteiger partial charge in [0.1, 0.15) is 5.82 Å². The predicted octanol–water partition coefficient (Wildman–Crippen LogP) is 3.30. The number of anilines is 2. The molecule has 0 amide bonds. The van der Waals surface area contributed by atoms with Crippen LogP contribution in [0.3, 0.4) is 0 Å². The zero-order valence-corrected chi connectivity index (χ0v) is 13.1. The van der Waals surface area contributed by atoms with E-state index in [1.54, 1.807) is 6.92 Å². The molecule has 0 spiro atoms. The number of hydrogen-bond donors (Lipinski definition) is 2. The van der Waals surface area contributed by atoms with Gasteiger partial charge in [0.2, 0.25) is 5.95 Å². The fourth-order valence-corrected chi connectivity index (χ4v) is 2.44. The van der Waals surface area contributed by atoms with E-state index in [4.69, 9.17) is 0 Å². The highest BCUT2D eigenvalue weighted by Gasteiger charge is 2.07. The van der Waals surface area contributed by atoms with Crippen molar-refractivity contribution in [2.45, 2.75) is 27.7 Å². The number of aromatic nitrogens is 3. The molecule has 0 aliphatic heterocycles. The van der Waals surface area contributed by atoms with Crippen LogP contribution in [0.1, 0.15) is 22.5 Å². The number of nitrogens with zero attached hydrogens (tertiary/aromatic N) is 2. The van der Waals surface area contributed by atoms with Gasteiger partial charge in [0.15, 0.2) is 0 Å². The second-order valence-corrected chi connectivity index (χ2v) is 5.58. The van der Waals surface area contributed by atoms with Crippen LogP contribution >= 0.6 is 0 Å². The summed E-state index contributed by atoms with van der Waals surface area (Å²) in [6, 6.07) is 8.23. The summed E-state index contributed by atoms with van der Waals surface area (Å²) in [6.07, 6.45) is 0. The lowest BCUT2D eigenvalue weighted by atomic mass is 10.1.